The molecule has 5 rings (SSSR count). The summed E-state index contributed by atoms with van der Waals surface area (Å²) in [5.41, 5.74) is 4.72. The fourth-order valence-electron chi connectivity index (χ4n) is 4.80. The predicted molar refractivity (Wildman–Crippen MR) is 129 cm³/mol. The molecule has 1 spiro atoms. The van der Waals surface area contributed by atoms with Gasteiger partial charge in [0.2, 0.25) is 5.72 Å². The van der Waals surface area contributed by atoms with Gasteiger partial charge in [-0.05, 0) is 73.0 Å². The van der Waals surface area contributed by atoms with Gasteiger partial charge in [0.25, 0.3) is 5.69 Å². The standard InChI is InChI=1S/C27H24N2O3/c1-26(2)23-6-4-5-7-24(23)28(3)27(26)17-16-21-18-20(12-15-25(21)32-27)9-8-19-10-13-22(14-11-19)29(30)31/h4-18H,1-3H3/b9-8+. The first-order chi connectivity index (χ1) is 15.3. The number of likely N-dealkylation sites (N-methyl/N-ethyl adjacent to an activating group) is 1. The SMILES string of the molecule is CN1c2ccccc2C(C)(C)C12C=Cc1cc(/C=C/c3ccc([N+](=O)[O-])cc3)ccc1O2. The molecule has 0 fully saturated rings. The molecule has 0 N–H and O–H groups in total. The Balaban J connectivity index is 1.43. The Morgan fingerprint density at radius 2 is 1.66 bits per heavy atom. The van der Waals surface area contributed by atoms with E-state index in [1.807, 2.05) is 24.3 Å². The van der Waals surface area contributed by atoms with Crippen LogP contribution in [-0.4, -0.2) is 17.7 Å². The highest BCUT2D eigenvalue weighted by molar-refractivity contribution is 5.75. The quantitative estimate of drug-likeness (QED) is 0.281. The van der Waals surface area contributed by atoms with Crippen LogP contribution in [0.4, 0.5) is 11.4 Å². The maximum atomic E-state index is 10.8. The normalized spacial score (nSPS) is 20.3. The van der Waals surface area contributed by atoms with Crippen LogP contribution in [0.2, 0.25) is 0 Å². The number of rotatable bonds is 3. The maximum Gasteiger partial charge on any atom is 0.269 e. The highest BCUT2D eigenvalue weighted by Crippen LogP contribution is 2.54. The van der Waals surface area contributed by atoms with Crippen LogP contribution in [0, 0.1) is 10.1 Å². The van der Waals surface area contributed by atoms with Gasteiger partial charge in [-0.3, -0.25) is 10.1 Å². The van der Waals surface area contributed by atoms with Gasteiger partial charge in [0, 0.05) is 30.4 Å². The summed E-state index contributed by atoms with van der Waals surface area (Å²) in [6.07, 6.45) is 8.26. The zero-order valence-electron chi connectivity index (χ0n) is 18.3. The van der Waals surface area contributed by atoms with E-state index in [0.717, 1.165) is 22.4 Å². The first-order valence-electron chi connectivity index (χ1n) is 10.6. The molecule has 0 bridgehead atoms. The van der Waals surface area contributed by atoms with Gasteiger partial charge in [-0.2, -0.15) is 0 Å². The lowest BCUT2D eigenvalue weighted by molar-refractivity contribution is -0.384. The van der Waals surface area contributed by atoms with Gasteiger partial charge in [0.15, 0.2) is 0 Å². The average molecular weight is 425 g/mol. The lowest BCUT2D eigenvalue weighted by Gasteiger charge is -2.45. The smallest absolute Gasteiger partial charge is 0.269 e. The van der Waals surface area contributed by atoms with Crippen LogP contribution in [0.1, 0.15) is 36.1 Å². The first kappa shape index (κ1) is 20.1. The summed E-state index contributed by atoms with van der Waals surface area (Å²) in [5, 5.41) is 10.8. The topological polar surface area (TPSA) is 55.6 Å². The third kappa shape index (κ3) is 2.93. The van der Waals surface area contributed by atoms with Gasteiger partial charge in [-0.25, -0.2) is 0 Å². The summed E-state index contributed by atoms with van der Waals surface area (Å²) in [6.45, 7) is 4.46. The molecule has 0 amide bonds. The molecule has 2 heterocycles. The van der Waals surface area contributed by atoms with Crippen molar-refractivity contribution in [3.63, 3.8) is 0 Å². The van der Waals surface area contributed by atoms with E-state index in [2.05, 4.69) is 68.3 Å². The summed E-state index contributed by atoms with van der Waals surface area (Å²) in [4.78, 5) is 12.6. The first-order valence-corrected chi connectivity index (χ1v) is 10.6. The number of hydrogen-bond donors (Lipinski definition) is 0. The molecule has 1 unspecified atom stereocenters. The van der Waals surface area contributed by atoms with E-state index < -0.39 is 10.6 Å². The van der Waals surface area contributed by atoms with Gasteiger partial charge >= 0.3 is 0 Å². The molecule has 32 heavy (non-hydrogen) atoms. The molecule has 160 valence electrons. The van der Waals surface area contributed by atoms with Gasteiger partial charge < -0.3 is 9.64 Å². The van der Waals surface area contributed by atoms with E-state index in [9.17, 15) is 10.1 Å². The third-order valence-electron chi connectivity index (χ3n) is 6.69. The Morgan fingerprint density at radius 3 is 2.38 bits per heavy atom. The van der Waals surface area contributed by atoms with Crippen molar-refractivity contribution in [2.45, 2.75) is 25.0 Å². The van der Waals surface area contributed by atoms with E-state index >= 15 is 0 Å². The number of nitro groups is 1. The molecule has 3 aromatic rings. The molecule has 0 aliphatic carbocycles. The second-order valence-corrected chi connectivity index (χ2v) is 8.81. The van der Waals surface area contributed by atoms with Gasteiger partial charge in [0.05, 0.1) is 10.3 Å². The summed E-state index contributed by atoms with van der Waals surface area (Å²) in [6, 6.07) is 21.1. The van der Waals surface area contributed by atoms with Crippen LogP contribution in [-0.2, 0) is 5.41 Å². The monoisotopic (exact) mass is 424 g/mol. The lowest BCUT2D eigenvalue weighted by Crippen LogP contribution is -2.58. The summed E-state index contributed by atoms with van der Waals surface area (Å²) in [7, 11) is 2.09. The van der Waals surface area contributed by atoms with Crippen LogP contribution in [0.25, 0.3) is 18.2 Å². The minimum atomic E-state index is -0.584. The number of para-hydroxylation sites is 1. The number of nitrogens with zero attached hydrogens (tertiary/aromatic N) is 2. The molecule has 0 radical (unpaired) electrons. The summed E-state index contributed by atoms with van der Waals surface area (Å²) < 4.78 is 6.69. The number of fused-ring (bicyclic) bond motifs is 2. The van der Waals surface area contributed by atoms with Crippen LogP contribution >= 0.6 is 0 Å². The van der Waals surface area contributed by atoms with Gasteiger partial charge in [-0.1, -0.05) is 36.4 Å². The molecule has 3 aromatic carbocycles. The summed E-state index contributed by atoms with van der Waals surface area (Å²) in [5.74, 6) is 0.854. The molecule has 1 atom stereocenters. The highest BCUT2D eigenvalue weighted by atomic mass is 16.6. The average Bonchev–Trinajstić information content (AvgIpc) is 2.96. The minimum absolute atomic E-state index is 0.0918. The van der Waals surface area contributed by atoms with Crippen LogP contribution in [0.5, 0.6) is 5.75 Å². The predicted octanol–water partition coefficient (Wildman–Crippen LogP) is 6.29. The van der Waals surface area contributed by atoms with Crippen molar-refractivity contribution >= 4 is 29.6 Å². The fourth-order valence-corrected chi connectivity index (χ4v) is 4.80. The van der Waals surface area contributed by atoms with Crippen LogP contribution in [0.15, 0.2) is 72.8 Å². The molecule has 0 saturated heterocycles. The molecular formula is C27H24N2O3. The molecular weight excluding hydrogens is 400 g/mol. The number of benzene rings is 3. The van der Waals surface area contributed by atoms with Crippen LogP contribution < -0.4 is 9.64 Å². The second-order valence-electron chi connectivity index (χ2n) is 8.81. The Labute approximate surface area is 187 Å². The number of non-ortho nitro benzene ring substituents is 1. The highest BCUT2D eigenvalue weighted by Gasteiger charge is 2.57. The van der Waals surface area contributed by atoms with Crippen molar-refractivity contribution in [2.24, 2.45) is 0 Å². The molecule has 0 saturated carbocycles. The maximum absolute atomic E-state index is 10.8. The zero-order chi connectivity index (χ0) is 22.5. The Bertz CT molecular complexity index is 1270. The van der Waals surface area contributed by atoms with Crippen molar-refractivity contribution in [1.82, 2.24) is 0 Å². The van der Waals surface area contributed by atoms with Gasteiger partial charge in [-0.15, -0.1) is 0 Å². The Kier molecular flexibility index (Phi) is 4.45. The minimum Gasteiger partial charge on any atom is -0.463 e. The van der Waals surface area contributed by atoms with E-state index in [4.69, 9.17) is 4.74 Å². The molecule has 0 aromatic heterocycles. The van der Waals surface area contributed by atoms with E-state index in [1.165, 1.54) is 23.4 Å². The molecule has 2 aliphatic rings. The number of anilines is 1. The molecule has 2 aliphatic heterocycles. The van der Waals surface area contributed by atoms with E-state index in [-0.39, 0.29) is 11.1 Å². The second kappa shape index (κ2) is 7.09. The fraction of sp³-hybridized carbons (Fsp3) is 0.185. The molecule has 5 nitrogen and oxygen atoms in total. The number of ether oxygens (including phenoxy) is 1. The van der Waals surface area contributed by atoms with Crippen molar-refractivity contribution in [2.75, 3.05) is 11.9 Å². The number of hydrogen-bond acceptors (Lipinski definition) is 4. The lowest BCUT2D eigenvalue weighted by atomic mass is 9.76. The van der Waals surface area contributed by atoms with Crippen LogP contribution in [0.3, 0.4) is 0 Å². The van der Waals surface area contributed by atoms with E-state index in [0.29, 0.717) is 0 Å². The van der Waals surface area contributed by atoms with E-state index in [1.54, 1.807) is 12.1 Å². The van der Waals surface area contributed by atoms with Crippen molar-refractivity contribution in [3.8, 4) is 5.75 Å². The number of nitro benzene ring substituents is 1. The van der Waals surface area contributed by atoms with Crippen molar-refractivity contribution in [3.05, 3.63) is 105 Å². The Morgan fingerprint density at radius 1 is 0.969 bits per heavy atom. The van der Waals surface area contributed by atoms with Crippen molar-refractivity contribution in [1.29, 1.82) is 0 Å². The van der Waals surface area contributed by atoms with Gasteiger partial charge in [0.1, 0.15) is 5.75 Å². The third-order valence-corrected chi connectivity index (χ3v) is 6.69. The molecule has 5 heteroatoms. The zero-order valence-corrected chi connectivity index (χ0v) is 18.3. The largest absolute Gasteiger partial charge is 0.463 e. The van der Waals surface area contributed by atoms with Crippen molar-refractivity contribution < 1.29 is 9.66 Å². The Hall–Kier alpha value is -3.86. The summed E-state index contributed by atoms with van der Waals surface area (Å²) >= 11 is 0.